The predicted octanol–water partition coefficient (Wildman–Crippen LogP) is 4.63. The van der Waals surface area contributed by atoms with E-state index in [9.17, 15) is 0 Å². The summed E-state index contributed by atoms with van der Waals surface area (Å²) in [5.74, 6) is 1.62. The molecule has 0 bridgehead atoms. The van der Waals surface area contributed by atoms with Gasteiger partial charge < -0.3 is 5.32 Å². The molecule has 134 valence electrons. The van der Waals surface area contributed by atoms with Crippen molar-refractivity contribution >= 4 is 22.3 Å². The highest BCUT2D eigenvalue weighted by Crippen LogP contribution is 2.33. The first-order valence-corrected chi connectivity index (χ1v) is 9.82. The Bertz CT molecular complexity index is 877. The molecule has 0 saturated carbocycles. The van der Waals surface area contributed by atoms with Gasteiger partial charge in [0.25, 0.3) is 0 Å². The summed E-state index contributed by atoms with van der Waals surface area (Å²) in [4.78, 5) is 17.4. The van der Waals surface area contributed by atoms with Crippen LogP contribution in [0.15, 0.2) is 42.6 Å². The van der Waals surface area contributed by atoms with Crippen LogP contribution in [0.1, 0.15) is 40.8 Å². The molecule has 1 N–H and O–H groups in total. The van der Waals surface area contributed by atoms with E-state index in [2.05, 4.69) is 63.5 Å². The molecule has 0 aliphatic carbocycles. The Morgan fingerprint density at radius 2 is 2.04 bits per heavy atom. The molecule has 1 atom stereocenters. The molecule has 0 radical (unpaired) electrons. The fourth-order valence-electron chi connectivity index (χ4n) is 3.52. The minimum absolute atomic E-state index is 0.343. The van der Waals surface area contributed by atoms with Crippen LogP contribution in [0.4, 0.5) is 10.9 Å². The average Bonchev–Trinajstić information content (AvgIpc) is 3.24. The van der Waals surface area contributed by atoms with Crippen LogP contribution < -0.4 is 5.32 Å². The van der Waals surface area contributed by atoms with Crippen molar-refractivity contribution in [1.29, 1.82) is 0 Å². The number of hydrogen-bond acceptors (Lipinski definition) is 6. The largest absolute Gasteiger partial charge is 0.316 e. The van der Waals surface area contributed by atoms with E-state index >= 15 is 0 Å². The first-order chi connectivity index (χ1) is 12.7. The molecule has 6 heteroatoms. The molecule has 1 aliphatic rings. The number of hydrogen-bond donors (Lipinski definition) is 1. The molecular formula is C20H23N5S. The number of likely N-dealkylation sites (tertiary alicyclic amines) is 1. The maximum Gasteiger partial charge on any atom is 0.188 e. The van der Waals surface area contributed by atoms with Gasteiger partial charge in [0, 0.05) is 23.7 Å². The van der Waals surface area contributed by atoms with Crippen LogP contribution in [0.3, 0.4) is 0 Å². The van der Waals surface area contributed by atoms with Gasteiger partial charge >= 0.3 is 0 Å². The van der Waals surface area contributed by atoms with Gasteiger partial charge in [-0.3, -0.25) is 4.90 Å². The lowest BCUT2D eigenvalue weighted by atomic mass is 10.1. The molecule has 0 spiro atoms. The molecule has 3 heterocycles. The number of aryl methyl sites for hydroxylation is 2. The van der Waals surface area contributed by atoms with Crippen molar-refractivity contribution in [3.63, 3.8) is 0 Å². The Morgan fingerprint density at radius 1 is 1.19 bits per heavy atom. The monoisotopic (exact) mass is 365 g/mol. The Morgan fingerprint density at radius 3 is 2.81 bits per heavy atom. The second-order valence-corrected chi connectivity index (χ2v) is 7.98. The summed E-state index contributed by atoms with van der Waals surface area (Å²) in [6, 6.07) is 13.1. The Labute approximate surface area is 158 Å². The summed E-state index contributed by atoms with van der Waals surface area (Å²) < 4.78 is 0. The normalized spacial score (nSPS) is 17.5. The molecule has 2 aromatic heterocycles. The quantitative estimate of drug-likeness (QED) is 0.714. The third-order valence-corrected chi connectivity index (χ3v) is 5.48. The van der Waals surface area contributed by atoms with E-state index in [4.69, 9.17) is 4.98 Å². The molecule has 0 amide bonds. The van der Waals surface area contributed by atoms with Gasteiger partial charge in [0.1, 0.15) is 11.6 Å². The zero-order valence-electron chi connectivity index (χ0n) is 15.1. The Balaban J connectivity index is 1.55. The zero-order valence-corrected chi connectivity index (χ0v) is 16.0. The van der Waals surface area contributed by atoms with Crippen molar-refractivity contribution in [3.8, 4) is 0 Å². The van der Waals surface area contributed by atoms with Crippen LogP contribution in [-0.4, -0.2) is 26.4 Å². The molecule has 0 unspecified atom stereocenters. The zero-order chi connectivity index (χ0) is 17.9. The van der Waals surface area contributed by atoms with Crippen molar-refractivity contribution < 1.29 is 0 Å². The third-order valence-electron chi connectivity index (χ3n) is 4.65. The number of nitrogens with zero attached hydrogens (tertiary/aromatic N) is 4. The average molecular weight is 366 g/mol. The lowest BCUT2D eigenvalue weighted by Crippen LogP contribution is -2.24. The molecule has 3 aromatic rings. The van der Waals surface area contributed by atoms with E-state index in [-0.39, 0.29) is 0 Å². The van der Waals surface area contributed by atoms with Crippen molar-refractivity contribution in [2.45, 2.75) is 39.3 Å². The van der Waals surface area contributed by atoms with Crippen LogP contribution in [0, 0.1) is 13.8 Å². The van der Waals surface area contributed by atoms with E-state index in [0.717, 1.165) is 42.0 Å². The topological polar surface area (TPSA) is 53.9 Å². The highest BCUT2D eigenvalue weighted by Gasteiger charge is 2.27. The smallest absolute Gasteiger partial charge is 0.188 e. The van der Waals surface area contributed by atoms with Crippen molar-refractivity contribution in [2.75, 3.05) is 11.9 Å². The highest BCUT2D eigenvalue weighted by atomic mass is 32.1. The fourth-order valence-corrected chi connectivity index (χ4v) is 4.19. The second-order valence-electron chi connectivity index (χ2n) is 6.74. The summed E-state index contributed by atoms with van der Waals surface area (Å²) in [5.41, 5.74) is 2.45. The standard InChI is InChI=1S/C20H23N5S/c1-14-12-21-20(26-14)24-19-11-17(22-15(2)23-19)18-9-6-10-25(18)13-16-7-4-3-5-8-16/h3-5,7-8,11-12,18H,6,9-10,13H2,1-2H3,(H,21,22,23,24)/t18-/m0/s1. The van der Waals surface area contributed by atoms with Crippen LogP contribution in [-0.2, 0) is 6.54 Å². The first kappa shape index (κ1) is 17.1. The van der Waals surface area contributed by atoms with E-state index in [1.165, 1.54) is 16.9 Å². The maximum absolute atomic E-state index is 4.74. The summed E-state index contributed by atoms with van der Waals surface area (Å²) in [6.07, 6.45) is 4.22. The minimum Gasteiger partial charge on any atom is -0.316 e. The van der Waals surface area contributed by atoms with Gasteiger partial charge in [-0.25, -0.2) is 15.0 Å². The van der Waals surface area contributed by atoms with E-state index in [1.807, 2.05) is 13.1 Å². The van der Waals surface area contributed by atoms with Gasteiger partial charge in [0.05, 0.1) is 11.7 Å². The number of nitrogens with one attached hydrogen (secondary N) is 1. The van der Waals surface area contributed by atoms with Crippen LogP contribution in [0.5, 0.6) is 0 Å². The molecule has 4 rings (SSSR count). The molecule has 1 aromatic carbocycles. The molecule has 1 saturated heterocycles. The van der Waals surface area contributed by atoms with Gasteiger partial charge in [0.15, 0.2) is 5.13 Å². The summed E-state index contributed by atoms with van der Waals surface area (Å²) >= 11 is 1.64. The molecule has 1 fully saturated rings. The van der Waals surface area contributed by atoms with Crippen molar-refractivity contribution in [2.24, 2.45) is 0 Å². The SMILES string of the molecule is Cc1nc(Nc2ncc(C)s2)cc([C@@H]2CCCN2Cc2ccccc2)n1. The fraction of sp³-hybridized carbons (Fsp3) is 0.350. The van der Waals surface area contributed by atoms with Crippen LogP contribution in [0.2, 0.25) is 0 Å². The van der Waals surface area contributed by atoms with Gasteiger partial charge in [-0.1, -0.05) is 30.3 Å². The van der Waals surface area contributed by atoms with Crippen molar-refractivity contribution in [1.82, 2.24) is 19.9 Å². The van der Waals surface area contributed by atoms with E-state index < -0.39 is 0 Å². The third kappa shape index (κ3) is 3.92. The lowest BCUT2D eigenvalue weighted by molar-refractivity contribution is 0.244. The number of aromatic nitrogens is 3. The summed E-state index contributed by atoms with van der Waals surface area (Å²) in [7, 11) is 0. The number of thiazole rings is 1. The highest BCUT2D eigenvalue weighted by molar-refractivity contribution is 7.15. The van der Waals surface area contributed by atoms with Crippen molar-refractivity contribution in [3.05, 3.63) is 64.6 Å². The number of rotatable bonds is 5. The molecular weight excluding hydrogens is 342 g/mol. The number of benzene rings is 1. The van der Waals surface area contributed by atoms with Crippen LogP contribution >= 0.6 is 11.3 Å². The predicted molar refractivity (Wildman–Crippen MR) is 106 cm³/mol. The first-order valence-electron chi connectivity index (χ1n) is 9.00. The Hall–Kier alpha value is -2.31. The second kappa shape index (κ2) is 7.51. The van der Waals surface area contributed by atoms with Gasteiger partial charge in [-0.15, -0.1) is 11.3 Å². The van der Waals surface area contributed by atoms with E-state index in [0.29, 0.717) is 6.04 Å². The van der Waals surface area contributed by atoms with Gasteiger partial charge in [-0.2, -0.15) is 0 Å². The molecule has 26 heavy (non-hydrogen) atoms. The molecule has 1 aliphatic heterocycles. The lowest BCUT2D eigenvalue weighted by Gasteiger charge is -2.24. The summed E-state index contributed by atoms with van der Waals surface area (Å²) in [6.45, 7) is 6.08. The number of anilines is 2. The van der Waals surface area contributed by atoms with Gasteiger partial charge in [-0.05, 0) is 38.8 Å². The van der Waals surface area contributed by atoms with E-state index in [1.54, 1.807) is 11.3 Å². The van der Waals surface area contributed by atoms with Gasteiger partial charge in [0.2, 0.25) is 0 Å². The molecule has 5 nitrogen and oxygen atoms in total. The maximum atomic E-state index is 4.74. The Kier molecular flexibility index (Phi) is 4.95. The van der Waals surface area contributed by atoms with Crippen LogP contribution in [0.25, 0.3) is 0 Å². The minimum atomic E-state index is 0.343. The summed E-state index contributed by atoms with van der Waals surface area (Å²) in [5, 5.41) is 4.21.